The van der Waals surface area contributed by atoms with E-state index in [4.69, 9.17) is 11.6 Å². The van der Waals surface area contributed by atoms with Gasteiger partial charge in [0, 0.05) is 39.3 Å². The Bertz CT molecular complexity index is 1770. The highest BCUT2D eigenvalue weighted by Crippen LogP contribution is 2.36. The van der Waals surface area contributed by atoms with Crippen LogP contribution in [-0.4, -0.2) is 22.7 Å². The highest BCUT2D eigenvalue weighted by molar-refractivity contribution is 8.00. The zero-order valence-electron chi connectivity index (χ0n) is 23.3. The van der Waals surface area contributed by atoms with Crippen molar-refractivity contribution in [3.63, 3.8) is 0 Å². The van der Waals surface area contributed by atoms with Gasteiger partial charge in [-0.1, -0.05) is 72.3 Å². The van der Waals surface area contributed by atoms with Crippen molar-refractivity contribution >= 4 is 58.5 Å². The molecule has 1 aromatic heterocycles. The van der Waals surface area contributed by atoms with Gasteiger partial charge in [0.15, 0.2) is 0 Å². The number of hydrogen-bond acceptors (Lipinski definition) is 5. The Kier molecular flexibility index (Phi) is 10.2. The molecule has 0 spiro atoms. The van der Waals surface area contributed by atoms with E-state index in [0.717, 1.165) is 10.5 Å². The van der Waals surface area contributed by atoms with Crippen LogP contribution in [0.5, 0.6) is 0 Å². The molecule has 0 saturated carbocycles. The second kappa shape index (κ2) is 14.8. The summed E-state index contributed by atoms with van der Waals surface area (Å²) in [5.74, 6) is -1.10. The van der Waals surface area contributed by atoms with Crippen molar-refractivity contribution in [3.8, 4) is 0 Å². The monoisotopic (exact) mass is 618 g/mol. The molecule has 5 rings (SSSR count). The van der Waals surface area contributed by atoms with Crippen LogP contribution in [0, 0.1) is 0 Å². The van der Waals surface area contributed by atoms with E-state index in [0.29, 0.717) is 27.5 Å². The highest BCUT2D eigenvalue weighted by atomic mass is 35.5. The van der Waals surface area contributed by atoms with E-state index in [1.54, 1.807) is 91.3 Å². The summed E-state index contributed by atoms with van der Waals surface area (Å²) in [6, 6.07) is 35.8. The molecule has 7 nitrogen and oxygen atoms in total. The first-order valence-electron chi connectivity index (χ1n) is 13.6. The van der Waals surface area contributed by atoms with Crippen molar-refractivity contribution in [1.82, 2.24) is 10.3 Å². The van der Waals surface area contributed by atoms with Crippen molar-refractivity contribution in [2.24, 2.45) is 0 Å². The minimum atomic E-state index is -0.523. The summed E-state index contributed by atoms with van der Waals surface area (Å²) >= 11 is 7.53. The van der Waals surface area contributed by atoms with Crippen molar-refractivity contribution in [1.29, 1.82) is 0 Å². The number of carbonyl (C=O) groups is 3. The maximum Gasteiger partial charge on any atom is 0.272 e. The molecule has 0 aliphatic rings. The average Bonchev–Trinajstić information content (AvgIpc) is 3.05. The first-order valence-corrected chi connectivity index (χ1v) is 14.9. The number of carbonyl (C=O) groups excluding carboxylic acids is 3. The van der Waals surface area contributed by atoms with Gasteiger partial charge in [0.25, 0.3) is 11.8 Å². The van der Waals surface area contributed by atoms with Crippen molar-refractivity contribution in [3.05, 3.63) is 161 Å². The fraction of sp³-hybridized carbons (Fsp3) is 0.0286. The molecule has 0 aliphatic carbocycles. The molecule has 4 aromatic carbocycles. The van der Waals surface area contributed by atoms with Crippen molar-refractivity contribution < 1.29 is 14.4 Å². The topological polar surface area (TPSA) is 100 Å². The van der Waals surface area contributed by atoms with Gasteiger partial charge in [0.2, 0.25) is 5.91 Å². The highest BCUT2D eigenvalue weighted by Gasteiger charge is 2.22. The van der Waals surface area contributed by atoms with Crippen LogP contribution in [0.2, 0.25) is 5.02 Å². The van der Waals surface area contributed by atoms with Gasteiger partial charge in [-0.15, -0.1) is 11.8 Å². The predicted octanol–water partition coefficient (Wildman–Crippen LogP) is 7.62. The maximum atomic E-state index is 13.4. The number of amides is 3. The Labute approximate surface area is 264 Å². The zero-order chi connectivity index (χ0) is 30.7. The van der Waals surface area contributed by atoms with Gasteiger partial charge in [-0.25, -0.2) is 0 Å². The van der Waals surface area contributed by atoms with Gasteiger partial charge in [-0.3, -0.25) is 19.4 Å². The van der Waals surface area contributed by atoms with E-state index in [9.17, 15) is 14.4 Å². The number of pyridine rings is 1. The number of hydrogen-bond donors (Lipinski definition) is 3. The van der Waals surface area contributed by atoms with Crippen LogP contribution < -0.4 is 16.0 Å². The Balaban J connectivity index is 1.32. The molecule has 44 heavy (non-hydrogen) atoms. The van der Waals surface area contributed by atoms with E-state index >= 15 is 0 Å². The van der Waals surface area contributed by atoms with Gasteiger partial charge >= 0.3 is 0 Å². The lowest BCUT2D eigenvalue weighted by atomic mass is 10.1. The number of rotatable bonds is 10. The summed E-state index contributed by atoms with van der Waals surface area (Å²) < 4.78 is 0. The van der Waals surface area contributed by atoms with Gasteiger partial charge in [-0.05, 0) is 77.9 Å². The Morgan fingerprint density at radius 3 is 2.07 bits per heavy atom. The van der Waals surface area contributed by atoms with Crippen LogP contribution in [0.4, 0.5) is 11.4 Å². The lowest BCUT2D eigenvalue weighted by molar-refractivity contribution is -0.116. The van der Waals surface area contributed by atoms with Crippen LogP contribution in [0.15, 0.2) is 144 Å². The van der Waals surface area contributed by atoms with E-state index in [-0.39, 0.29) is 11.6 Å². The smallest absolute Gasteiger partial charge is 0.272 e. The van der Waals surface area contributed by atoms with Crippen LogP contribution in [0.1, 0.15) is 26.7 Å². The van der Waals surface area contributed by atoms with Gasteiger partial charge in [0.1, 0.15) is 10.9 Å². The maximum absolute atomic E-state index is 13.4. The van der Waals surface area contributed by atoms with Gasteiger partial charge in [-0.2, -0.15) is 0 Å². The fourth-order valence-corrected chi connectivity index (χ4v) is 5.42. The van der Waals surface area contributed by atoms with Gasteiger partial charge < -0.3 is 16.0 Å². The molecule has 0 saturated heterocycles. The quantitative estimate of drug-likeness (QED) is 0.110. The van der Waals surface area contributed by atoms with Crippen LogP contribution in [0.25, 0.3) is 6.08 Å². The van der Waals surface area contributed by atoms with Crippen LogP contribution in [-0.2, 0) is 9.59 Å². The number of nitrogens with one attached hydrogen (secondary N) is 3. The Hall–Kier alpha value is -5.18. The minimum Gasteiger partial charge on any atom is -0.325 e. The molecular formula is C35H27ClN4O3S. The SMILES string of the molecule is O=C(Nc1ccc(SC(C(=O)Nc2ccncc2)c2ccccc2)cc1)/C(=C/c1cccc(Cl)c1)NC(=O)c1ccccc1. The number of aromatic nitrogens is 1. The van der Waals surface area contributed by atoms with Crippen LogP contribution in [0.3, 0.4) is 0 Å². The van der Waals surface area contributed by atoms with Crippen molar-refractivity contribution in [2.45, 2.75) is 10.1 Å². The summed E-state index contributed by atoms with van der Waals surface area (Å²) in [7, 11) is 0. The average molecular weight is 619 g/mol. The molecule has 3 amide bonds. The molecular weight excluding hydrogens is 592 g/mol. The number of thioether (sulfide) groups is 1. The standard InChI is InChI=1S/C35H27ClN4O3S/c36-27-13-7-8-24(22-27)23-31(40-33(41)26-11-5-2-6-12-26)34(42)38-28-14-16-30(17-15-28)44-32(25-9-3-1-4-10-25)35(43)39-29-18-20-37-21-19-29/h1-23,32H,(H,38,42)(H,40,41)(H,37,39,43)/b31-23-. The van der Waals surface area contributed by atoms with Crippen molar-refractivity contribution in [2.75, 3.05) is 10.6 Å². The molecule has 1 heterocycles. The second-order valence-electron chi connectivity index (χ2n) is 9.55. The largest absolute Gasteiger partial charge is 0.325 e. The molecule has 0 fully saturated rings. The Morgan fingerprint density at radius 1 is 0.727 bits per heavy atom. The minimum absolute atomic E-state index is 0.0523. The third kappa shape index (κ3) is 8.44. The summed E-state index contributed by atoms with van der Waals surface area (Å²) in [5, 5.41) is 8.51. The molecule has 0 aliphatic heterocycles. The van der Waals surface area contributed by atoms with E-state index in [1.807, 2.05) is 48.5 Å². The van der Waals surface area contributed by atoms with E-state index in [2.05, 4.69) is 20.9 Å². The lowest BCUT2D eigenvalue weighted by Crippen LogP contribution is -2.30. The second-order valence-corrected chi connectivity index (χ2v) is 11.2. The number of anilines is 2. The van der Waals surface area contributed by atoms with Crippen LogP contribution >= 0.6 is 23.4 Å². The van der Waals surface area contributed by atoms with Gasteiger partial charge in [0.05, 0.1) is 0 Å². The third-order valence-corrected chi connectivity index (χ3v) is 7.84. The number of benzene rings is 4. The normalized spacial score (nSPS) is 11.7. The molecule has 0 bridgehead atoms. The fourth-order valence-electron chi connectivity index (χ4n) is 4.20. The first kappa shape index (κ1) is 30.3. The Morgan fingerprint density at radius 2 is 1.39 bits per heavy atom. The molecule has 0 radical (unpaired) electrons. The predicted molar refractivity (Wildman–Crippen MR) is 176 cm³/mol. The van der Waals surface area contributed by atoms with E-state index in [1.165, 1.54) is 11.8 Å². The molecule has 1 unspecified atom stereocenters. The molecule has 9 heteroatoms. The third-order valence-electron chi connectivity index (χ3n) is 6.34. The number of nitrogens with zero attached hydrogens (tertiary/aromatic N) is 1. The zero-order valence-corrected chi connectivity index (χ0v) is 24.9. The molecule has 5 aromatic rings. The van der Waals surface area contributed by atoms with E-state index < -0.39 is 17.1 Å². The summed E-state index contributed by atoms with van der Waals surface area (Å²) in [5.41, 5.74) is 3.15. The molecule has 3 N–H and O–H groups in total. The number of halogens is 1. The molecule has 218 valence electrons. The first-order chi connectivity index (χ1) is 21.4. The summed E-state index contributed by atoms with van der Waals surface area (Å²) in [6.45, 7) is 0. The lowest BCUT2D eigenvalue weighted by Gasteiger charge is -2.17. The molecule has 1 atom stereocenters. The summed E-state index contributed by atoms with van der Waals surface area (Å²) in [6.07, 6.45) is 4.81. The summed E-state index contributed by atoms with van der Waals surface area (Å²) in [4.78, 5) is 44.4.